The topological polar surface area (TPSA) is 79.6 Å². The van der Waals surface area contributed by atoms with Gasteiger partial charge in [0.1, 0.15) is 18.7 Å². The fourth-order valence-corrected chi connectivity index (χ4v) is 3.17. The maximum absolute atomic E-state index is 13.4. The maximum atomic E-state index is 13.4. The van der Waals surface area contributed by atoms with Crippen LogP contribution in [0.1, 0.15) is 24.4 Å². The number of nitrogens with one attached hydrogen (secondary N) is 2. The number of hydrogen-bond acceptors (Lipinski definition) is 5. The zero-order valence-corrected chi connectivity index (χ0v) is 16.4. The minimum atomic E-state index is -0.226. The van der Waals surface area contributed by atoms with Crippen molar-refractivity contribution in [1.29, 1.82) is 0 Å². The number of rotatable bonds is 7. The summed E-state index contributed by atoms with van der Waals surface area (Å²) in [6.45, 7) is 6.96. The molecule has 9 heteroatoms. The third-order valence-electron chi connectivity index (χ3n) is 4.73. The summed E-state index contributed by atoms with van der Waals surface area (Å²) in [7, 11) is 1.90. The second-order valence-electron chi connectivity index (χ2n) is 6.65. The summed E-state index contributed by atoms with van der Waals surface area (Å²) in [5.41, 5.74) is 1.07. The average molecular weight is 389 g/mol. The van der Waals surface area contributed by atoms with E-state index in [-0.39, 0.29) is 11.9 Å². The van der Waals surface area contributed by atoms with Crippen LogP contribution in [0, 0.1) is 5.82 Å². The highest BCUT2D eigenvalue weighted by molar-refractivity contribution is 5.79. The number of aromatic nitrogens is 3. The van der Waals surface area contributed by atoms with Crippen LogP contribution in [-0.4, -0.2) is 65.0 Å². The van der Waals surface area contributed by atoms with Crippen LogP contribution in [0.4, 0.5) is 4.39 Å². The minimum absolute atomic E-state index is 0.100. The number of halogens is 1. The smallest absolute Gasteiger partial charge is 0.191 e. The molecule has 1 aromatic carbocycles. The molecule has 28 heavy (non-hydrogen) atoms. The fraction of sp³-hybridized carbons (Fsp3) is 0.526. The van der Waals surface area contributed by atoms with E-state index in [1.54, 1.807) is 6.33 Å². The van der Waals surface area contributed by atoms with Gasteiger partial charge in [-0.25, -0.2) is 9.38 Å². The lowest BCUT2D eigenvalue weighted by Gasteiger charge is -2.35. The second kappa shape index (κ2) is 10.1. The molecule has 2 aromatic rings. The molecule has 1 atom stereocenters. The number of nitrogens with zero attached hydrogens (tertiary/aromatic N) is 5. The Kier molecular flexibility index (Phi) is 7.32. The molecular formula is C19H28FN7O. The Morgan fingerprint density at radius 2 is 2.00 bits per heavy atom. The Morgan fingerprint density at radius 3 is 2.64 bits per heavy atom. The highest BCUT2D eigenvalue weighted by atomic mass is 19.1. The van der Waals surface area contributed by atoms with E-state index in [0.717, 1.165) is 31.0 Å². The van der Waals surface area contributed by atoms with Gasteiger partial charge in [0.05, 0.1) is 19.3 Å². The van der Waals surface area contributed by atoms with Gasteiger partial charge in [-0.1, -0.05) is 12.1 Å². The molecule has 2 N–H and O–H groups in total. The van der Waals surface area contributed by atoms with Gasteiger partial charge in [0.2, 0.25) is 0 Å². The van der Waals surface area contributed by atoms with Crippen molar-refractivity contribution in [3.05, 3.63) is 47.8 Å². The van der Waals surface area contributed by atoms with Gasteiger partial charge in [-0.2, -0.15) is 0 Å². The van der Waals surface area contributed by atoms with Crippen molar-refractivity contribution in [3.8, 4) is 0 Å². The molecule has 0 aliphatic carbocycles. The standard InChI is InChI=1S/C19H28FN7O/c1-3-21-19(23-13-18-25-24-14-26(18)2)22-12-17(27-8-10-28-11-9-27)15-4-6-16(20)7-5-15/h4-7,14,17H,3,8-13H2,1-2H3,(H2,21,22,23). The molecule has 0 radical (unpaired) electrons. The van der Waals surface area contributed by atoms with Crippen molar-refractivity contribution in [2.24, 2.45) is 12.0 Å². The fourth-order valence-electron chi connectivity index (χ4n) is 3.17. The van der Waals surface area contributed by atoms with E-state index in [4.69, 9.17) is 4.74 Å². The van der Waals surface area contributed by atoms with E-state index >= 15 is 0 Å². The van der Waals surface area contributed by atoms with E-state index in [2.05, 4.69) is 30.7 Å². The molecule has 1 aromatic heterocycles. The Morgan fingerprint density at radius 1 is 1.25 bits per heavy atom. The minimum Gasteiger partial charge on any atom is -0.379 e. The SMILES string of the molecule is CCNC(=NCc1nncn1C)NCC(c1ccc(F)cc1)N1CCOCC1. The Bertz CT molecular complexity index is 756. The van der Waals surface area contributed by atoms with Crippen LogP contribution in [0.3, 0.4) is 0 Å². The van der Waals surface area contributed by atoms with Gasteiger partial charge < -0.3 is 19.9 Å². The Balaban J connectivity index is 1.70. The Labute approximate surface area is 164 Å². The van der Waals surface area contributed by atoms with Gasteiger partial charge in [-0.15, -0.1) is 10.2 Å². The molecule has 1 aliphatic rings. The first-order valence-corrected chi connectivity index (χ1v) is 9.59. The zero-order valence-electron chi connectivity index (χ0n) is 16.4. The highest BCUT2D eigenvalue weighted by Crippen LogP contribution is 2.21. The van der Waals surface area contributed by atoms with E-state index in [9.17, 15) is 4.39 Å². The molecule has 2 heterocycles. The lowest BCUT2D eigenvalue weighted by atomic mass is 10.0. The van der Waals surface area contributed by atoms with Crippen molar-refractivity contribution in [3.63, 3.8) is 0 Å². The highest BCUT2D eigenvalue weighted by Gasteiger charge is 2.23. The number of benzene rings is 1. The van der Waals surface area contributed by atoms with Gasteiger partial charge in [0.25, 0.3) is 0 Å². The first kappa shape index (κ1) is 20.2. The third-order valence-corrected chi connectivity index (χ3v) is 4.73. The summed E-state index contributed by atoms with van der Waals surface area (Å²) in [6.07, 6.45) is 1.66. The molecule has 152 valence electrons. The first-order valence-electron chi connectivity index (χ1n) is 9.59. The van der Waals surface area contributed by atoms with Gasteiger partial charge in [0, 0.05) is 33.2 Å². The quantitative estimate of drug-likeness (QED) is 0.545. The summed E-state index contributed by atoms with van der Waals surface area (Å²) in [5, 5.41) is 14.6. The summed E-state index contributed by atoms with van der Waals surface area (Å²) in [5.74, 6) is 1.28. The van der Waals surface area contributed by atoms with Gasteiger partial charge in [0.15, 0.2) is 11.8 Å². The molecule has 0 bridgehead atoms. The molecule has 1 unspecified atom stereocenters. The lowest BCUT2D eigenvalue weighted by molar-refractivity contribution is 0.0170. The predicted molar refractivity (Wildman–Crippen MR) is 105 cm³/mol. The number of aryl methyl sites for hydroxylation is 1. The summed E-state index contributed by atoms with van der Waals surface area (Å²) in [4.78, 5) is 6.97. The molecule has 1 aliphatic heterocycles. The van der Waals surface area contributed by atoms with E-state index in [1.165, 1.54) is 12.1 Å². The Hall–Kier alpha value is -2.52. The molecule has 0 amide bonds. The van der Waals surface area contributed by atoms with Crippen LogP contribution in [-0.2, 0) is 18.3 Å². The van der Waals surface area contributed by atoms with Crippen LogP contribution in [0.15, 0.2) is 35.6 Å². The van der Waals surface area contributed by atoms with Crippen molar-refractivity contribution in [2.45, 2.75) is 19.5 Å². The molecular weight excluding hydrogens is 361 g/mol. The van der Waals surface area contributed by atoms with Crippen LogP contribution in [0.25, 0.3) is 0 Å². The molecule has 3 rings (SSSR count). The molecule has 1 saturated heterocycles. The monoisotopic (exact) mass is 389 g/mol. The zero-order chi connectivity index (χ0) is 19.8. The van der Waals surface area contributed by atoms with Crippen molar-refractivity contribution in [1.82, 2.24) is 30.3 Å². The second-order valence-corrected chi connectivity index (χ2v) is 6.65. The number of morpholine rings is 1. The van der Waals surface area contributed by atoms with Gasteiger partial charge in [-0.05, 0) is 24.6 Å². The molecule has 0 saturated carbocycles. The molecule has 0 spiro atoms. The lowest BCUT2D eigenvalue weighted by Crippen LogP contribution is -2.46. The largest absolute Gasteiger partial charge is 0.379 e. The van der Waals surface area contributed by atoms with Crippen molar-refractivity contribution >= 4 is 5.96 Å². The number of hydrogen-bond donors (Lipinski definition) is 2. The number of guanidine groups is 1. The van der Waals surface area contributed by atoms with E-state index in [1.807, 2.05) is 30.7 Å². The third kappa shape index (κ3) is 5.49. The van der Waals surface area contributed by atoms with E-state index < -0.39 is 0 Å². The molecule has 8 nitrogen and oxygen atoms in total. The summed E-state index contributed by atoms with van der Waals surface area (Å²) >= 11 is 0. The normalized spacial score (nSPS) is 16.8. The molecule has 1 fully saturated rings. The number of ether oxygens (including phenoxy) is 1. The van der Waals surface area contributed by atoms with Crippen LogP contribution in [0.5, 0.6) is 0 Å². The number of aliphatic imine (C=N–C) groups is 1. The van der Waals surface area contributed by atoms with Crippen molar-refractivity contribution in [2.75, 3.05) is 39.4 Å². The summed E-state index contributed by atoms with van der Waals surface area (Å²) in [6, 6.07) is 6.82. The van der Waals surface area contributed by atoms with Crippen LogP contribution < -0.4 is 10.6 Å². The van der Waals surface area contributed by atoms with E-state index in [0.29, 0.717) is 32.3 Å². The summed E-state index contributed by atoms with van der Waals surface area (Å²) < 4.78 is 20.7. The van der Waals surface area contributed by atoms with Gasteiger partial charge >= 0.3 is 0 Å². The van der Waals surface area contributed by atoms with Crippen molar-refractivity contribution < 1.29 is 9.13 Å². The maximum Gasteiger partial charge on any atom is 0.191 e. The predicted octanol–water partition coefficient (Wildman–Crippen LogP) is 1.08. The van der Waals surface area contributed by atoms with Crippen LogP contribution >= 0.6 is 0 Å². The van der Waals surface area contributed by atoms with Crippen LogP contribution in [0.2, 0.25) is 0 Å². The first-order chi connectivity index (χ1) is 13.7. The van der Waals surface area contributed by atoms with Gasteiger partial charge in [-0.3, -0.25) is 4.90 Å². The average Bonchev–Trinajstić information content (AvgIpc) is 3.13.